The van der Waals surface area contributed by atoms with Crippen molar-refractivity contribution in [1.29, 1.82) is 0 Å². The van der Waals surface area contributed by atoms with Gasteiger partial charge in [-0.1, -0.05) is 56.3 Å². The molecule has 1 unspecified atom stereocenters. The van der Waals surface area contributed by atoms with E-state index in [-0.39, 0.29) is 17.9 Å². The molecule has 1 N–H and O–H groups in total. The average molecular weight is 584 g/mol. The molecule has 6 heteroatoms. The molecular formula is C37H47N2O4+. The maximum absolute atomic E-state index is 13.6. The molecule has 2 aliphatic carbocycles. The number of amides is 1. The van der Waals surface area contributed by atoms with Crippen molar-refractivity contribution in [2.24, 2.45) is 11.8 Å². The number of carbonyl (C=O) groups is 2. The minimum absolute atomic E-state index is 0.0395. The summed E-state index contributed by atoms with van der Waals surface area (Å²) in [6.45, 7) is 10.3. The molecule has 1 saturated heterocycles. The molecule has 0 radical (unpaired) electrons. The number of ether oxygens (including phenoxy) is 2. The van der Waals surface area contributed by atoms with Crippen LogP contribution in [-0.4, -0.2) is 61.3 Å². The van der Waals surface area contributed by atoms with E-state index >= 15 is 0 Å². The molecule has 0 spiro atoms. The SMILES string of the molecule is COc1cccc([C@]23CC[N@+](CC(C)C)(CC4CC4)CC2(OC(C)=O)CC[C@@H](NC(=O)c2ccc4ccccc4c2)C3)c1. The lowest BCUT2D eigenvalue weighted by Gasteiger charge is -2.62. The average Bonchev–Trinajstić information content (AvgIpc) is 3.80. The first kappa shape index (κ1) is 29.7. The number of piperidine rings is 1. The van der Waals surface area contributed by atoms with Gasteiger partial charge in [-0.2, -0.15) is 0 Å². The Morgan fingerprint density at radius 1 is 0.977 bits per heavy atom. The molecule has 43 heavy (non-hydrogen) atoms. The van der Waals surface area contributed by atoms with Crippen molar-refractivity contribution < 1.29 is 23.5 Å². The maximum atomic E-state index is 13.6. The number of nitrogens with zero attached hydrogens (tertiary/aromatic N) is 1. The highest BCUT2D eigenvalue weighted by atomic mass is 16.6. The predicted molar refractivity (Wildman–Crippen MR) is 170 cm³/mol. The number of carbonyl (C=O) groups excluding carboxylic acids is 2. The third kappa shape index (κ3) is 5.91. The lowest BCUT2D eigenvalue weighted by atomic mass is 9.54. The van der Waals surface area contributed by atoms with E-state index in [0.29, 0.717) is 11.5 Å². The number of rotatable bonds is 9. The van der Waals surface area contributed by atoms with Crippen molar-refractivity contribution in [1.82, 2.24) is 5.32 Å². The Balaban J connectivity index is 1.37. The first-order valence-electron chi connectivity index (χ1n) is 16.1. The third-order valence-electron chi connectivity index (χ3n) is 10.4. The Labute approximate surface area is 256 Å². The van der Waals surface area contributed by atoms with Crippen LogP contribution in [0.15, 0.2) is 66.7 Å². The van der Waals surface area contributed by atoms with E-state index in [9.17, 15) is 9.59 Å². The van der Waals surface area contributed by atoms with Crippen LogP contribution >= 0.6 is 0 Å². The van der Waals surface area contributed by atoms with E-state index < -0.39 is 11.0 Å². The first-order chi connectivity index (χ1) is 20.6. The van der Waals surface area contributed by atoms with E-state index in [2.05, 4.69) is 37.4 Å². The molecule has 0 bridgehead atoms. The van der Waals surface area contributed by atoms with Crippen molar-refractivity contribution in [2.75, 3.05) is 33.3 Å². The van der Waals surface area contributed by atoms with Gasteiger partial charge < -0.3 is 19.3 Å². The van der Waals surface area contributed by atoms with E-state index in [1.54, 1.807) is 14.0 Å². The molecule has 3 aromatic carbocycles. The molecule has 1 heterocycles. The molecule has 1 amide bonds. The van der Waals surface area contributed by atoms with Gasteiger partial charge in [0.05, 0.1) is 26.7 Å². The summed E-state index contributed by atoms with van der Waals surface area (Å²) in [7, 11) is 1.70. The van der Waals surface area contributed by atoms with Crippen LogP contribution in [0.25, 0.3) is 10.8 Å². The Bertz CT molecular complexity index is 1490. The number of methoxy groups -OCH3 is 1. The number of hydrogen-bond donors (Lipinski definition) is 1. The van der Waals surface area contributed by atoms with Gasteiger partial charge in [0.2, 0.25) is 0 Å². The summed E-state index contributed by atoms with van der Waals surface area (Å²) in [5.74, 6) is 1.86. The Hall–Kier alpha value is -3.38. The summed E-state index contributed by atoms with van der Waals surface area (Å²) < 4.78 is 13.3. The van der Waals surface area contributed by atoms with Crippen LogP contribution in [0, 0.1) is 11.8 Å². The standard InChI is InChI=1S/C37H46N2O4/c1-26(2)23-39(24-28-12-13-28)19-18-36(32-10-7-11-34(21-32)42-4)22-33(16-17-37(36,25-39)43-27(3)40)38-35(41)31-15-14-29-8-5-6-9-30(29)20-31/h5-11,14-15,20-21,26,28,33H,12-13,16-19,22-25H2,1-4H3/p+1/t33-,36-,37?,39+/m1/s1. The largest absolute Gasteiger partial charge is 0.497 e. The lowest BCUT2D eigenvalue weighted by molar-refractivity contribution is -0.945. The Morgan fingerprint density at radius 3 is 2.49 bits per heavy atom. The second-order valence-corrected chi connectivity index (χ2v) is 14.1. The van der Waals surface area contributed by atoms with E-state index in [4.69, 9.17) is 9.47 Å². The quantitative estimate of drug-likeness (QED) is 0.226. The Kier molecular flexibility index (Phi) is 8.01. The van der Waals surface area contributed by atoms with E-state index in [1.165, 1.54) is 12.8 Å². The van der Waals surface area contributed by atoms with Gasteiger partial charge in [-0.15, -0.1) is 0 Å². The lowest BCUT2D eigenvalue weighted by Crippen LogP contribution is -2.74. The van der Waals surface area contributed by atoms with Crippen LogP contribution < -0.4 is 10.1 Å². The molecule has 228 valence electrons. The number of hydrogen-bond acceptors (Lipinski definition) is 4. The topological polar surface area (TPSA) is 64.6 Å². The van der Waals surface area contributed by atoms with E-state index in [0.717, 1.165) is 84.3 Å². The zero-order valence-electron chi connectivity index (χ0n) is 26.2. The molecule has 2 saturated carbocycles. The smallest absolute Gasteiger partial charge is 0.303 e. The van der Waals surface area contributed by atoms with Crippen LogP contribution in [0.3, 0.4) is 0 Å². The first-order valence-corrected chi connectivity index (χ1v) is 16.1. The van der Waals surface area contributed by atoms with Gasteiger partial charge in [-0.3, -0.25) is 9.59 Å². The maximum Gasteiger partial charge on any atom is 0.303 e. The van der Waals surface area contributed by atoms with Gasteiger partial charge in [0.15, 0.2) is 5.60 Å². The normalized spacial score (nSPS) is 28.7. The van der Waals surface area contributed by atoms with Gasteiger partial charge in [-0.25, -0.2) is 0 Å². The zero-order chi connectivity index (χ0) is 30.2. The van der Waals surface area contributed by atoms with E-state index in [1.807, 2.05) is 48.5 Å². The van der Waals surface area contributed by atoms with Crippen molar-refractivity contribution in [2.45, 2.75) is 76.4 Å². The fraction of sp³-hybridized carbons (Fsp3) is 0.514. The van der Waals surface area contributed by atoms with Crippen LogP contribution in [0.5, 0.6) is 5.75 Å². The third-order valence-corrected chi connectivity index (χ3v) is 10.4. The second-order valence-electron chi connectivity index (χ2n) is 14.1. The molecule has 4 atom stereocenters. The molecule has 6 nitrogen and oxygen atoms in total. The summed E-state index contributed by atoms with van der Waals surface area (Å²) in [6, 6.07) is 22.3. The predicted octanol–water partition coefficient (Wildman–Crippen LogP) is 6.66. The number of likely N-dealkylation sites (tertiary alicyclic amines) is 1. The minimum atomic E-state index is -0.655. The number of nitrogens with one attached hydrogen (secondary N) is 1. The second kappa shape index (κ2) is 11.6. The van der Waals surface area contributed by atoms with Crippen molar-refractivity contribution >= 4 is 22.6 Å². The van der Waals surface area contributed by atoms with Crippen LogP contribution in [0.2, 0.25) is 0 Å². The van der Waals surface area contributed by atoms with Crippen molar-refractivity contribution in [3.8, 4) is 5.75 Å². The fourth-order valence-corrected chi connectivity index (χ4v) is 8.60. The summed E-state index contributed by atoms with van der Waals surface area (Å²) in [6.07, 6.45) is 5.72. The highest BCUT2D eigenvalue weighted by molar-refractivity contribution is 5.98. The molecule has 6 rings (SSSR count). The number of quaternary nitrogens is 1. The summed E-state index contributed by atoms with van der Waals surface area (Å²) >= 11 is 0. The molecule has 3 fully saturated rings. The molecule has 1 aliphatic heterocycles. The number of benzene rings is 3. The monoisotopic (exact) mass is 583 g/mol. The van der Waals surface area contributed by atoms with Crippen LogP contribution in [0.1, 0.15) is 75.2 Å². The van der Waals surface area contributed by atoms with Gasteiger partial charge in [0.1, 0.15) is 12.3 Å². The summed E-state index contributed by atoms with van der Waals surface area (Å²) in [5.41, 5.74) is 0.727. The van der Waals surface area contributed by atoms with Gasteiger partial charge in [0, 0.05) is 42.2 Å². The van der Waals surface area contributed by atoms with Crippen LogP contribution in [0.4, 0.5) is 0 Å². The van der Waals surface area contributed by atoms with Gasteiger partial charge >= 0.3 is 5.97 Å². The van der Waals surface area contributed by atoms with Crippen molar-refractivity contribution in [3.63, 3.8) is 0 Å². The van der Waals surface area contributed by atoms with Crippen molar-refractivity contribution in [3.05, 3.63) is 77.9 Å². The molecule has 3 aromatic rings. The molecule has 3 aliphatic rings. The number of fused-ring (bicyclic) bond motifs is 2. The highest BCUT2D eigenvalue weighted by Gasteiger charge is 2.65. The Morgan fingerprint density at radius 2 is 1.77 bits per heavy atom. The highest BCUT2D eigenvalue weighted by Crippen LogP contribution is 2.56. The molecule has 0 aromatic heterocycles. The van der Waals surface area contributed by atoms with Gasteiger partial charge in [-0.05, 0) is 72.7 Å². The fourth-order valence-electron chi connectivity index (χ4n) is 8.60. The summed E-state index contributed by atoms with van der Waals surface area (Å²) in [4.78, 5) is 26.6. The summed E-state index contributed by atoms with van der Waals surface area (Å²) in [5, 5.41) is 5.59. The zero-order valence-corrected chi connectivity index (χ0v) is 26.2. The number of esters is 1. The van der Waals surface area contributed by atoms with Crippen LogP contribution in [-0.2, 0) is 14.9 Å². The minimum Gasteiger partial charge on any atom is -0.497 e. The molecular weight excluding hydrogens is 536 g/mol. The van der Waals surface area contributed by atoms with Gasteiger partial charge in [0.25, 0.3) is 5.91 Å².